The Labute approximate surface area is 287 Å². The zero-order valence-electron chi connectivity index (χ0n) is 26.3. The molecule has 0 radical (unpaired) electrons. The molecule has 0 unspecified atom stereocenters. The molecule has 0 amide bonds. The molecule has 2 heterocycles. The van der Waals surface area contributed by atoms with Crippen molar-refractivity contribution in [3.63, 3.8) is 0 Å². The van der Waals surface area contributed by atoms with Gasteiger partial charge in [-0.2, -0.15) is 0 Å². The minimum absolute atomic E-state index is 0.0430. The molecule has 1 fully saturated rings. The summed E-state index contributed by atoms with van der Waals surface area (Å²) >= 11 is 0. The number of nitro groups is 2. The highest BCUT2D eigenvalue weighted by Gasteiger charge is 2.49. The molecule has 2 atom stereocenters. The molecule has 22 nitrogen and oxygen atoms in total. The molecular weight excluding hydrogens is 734 g/mol. The van der Waals surface area contributed by atoms with Crippen molar-refractivity contribution in [2.45, 2.75) is 37.4 Å². The summed E-state index contributed by atoms with van der Waals surface area (Å²) in [5.74, 6) is 0. The Morgan fingerprint density at radius 3 is 1.60 bits per heavy atom. The molecule has 1 aliphatic carbocycles. The SMILES string of the molecule is O=c1[nH]c2cc([N+](=O)[O-])cc(CN[C@@H]3C[C@H]3P(=O)(O)O)c2[nH]c1=O.O=c1[nH]c2cc([N+](=O)[O-])cc(CNc3ccc(CP(=O)(O)O)cc3)c2[nH]c1=O. The Balaban J connectivity index is 0.000000203. The Morgan fingerprint density at radius 2 is 1.17 bits per heavy atom. The van der Waals surface area contributed by atoms with Crippen LogP contribution in [0, 0.1) is 20.2 Å². The quantitative estimate of drug-likeness (QED) is 0.0387. The summed E-state index contributed by atoms with van der Waals surface area (Å²) in [6.45, 7) is 0.138. The number of nitrogens with one attached hydrogen (secondary N) is 6. The van der Waals surface area contributed by atoms with Crippen molar-refractivity contribution in [1.29, 1.82) is 0 Å². The van der Waals surface area contributed by atoms with E-state index in [0.717, 1.165) is 12.1 Å². The fraction of sp³-hybridized carbons (Fsp3) is 0.214. The van der Waals surface area contributed by atoms with E-state index in [9.17, 15) is 48.5 Å². The molecule has 274 valence electrons. The molecule has 52 heavy (non-hydrogen) atoms. The van der Waals surface area contributed by atoms with Gasteiger partial charge in [-0.3, -0.25) is 48.5 Å². The second-order valence-electron chi connectivity index (χ2n) is 11.6. The van der Waals surface area contributed by atoms with Crippen molar-refractivity contribution in [2.75, 3.05) is 5.32 Å². The van der Waals surface area contributed by atoms with E-state index in [2.05, 4.69) is 30.6 Å². The van der Waals surface area contributed by atoms with Crippen LogP contribution in [0.2, 0.25) is 0 Å². The first-order valence-corrected chi connectivity index (χ1v) is 18.3. The lowest BCUT2D eigenvalue weighted by molar-refractivity contribution is -0.385. The molecule has 24 heteroatoms. The Hall–Kier alpha value is -5.60. The van der Waals surface area contributed by atoms with Crippen LogP contribution in [0.3, 0.4) is 0 Å². The Morgan fingerprint density at radius 1 is 0.712 bits per heavy atom. The van der Waals surface area contributed by atoms with Crippen molar-refractivity contribution < 1.29 is 38.6 Å². The van der Waals surface area contributed by atoms with E-state index in [1.807, 2.05) is 0 Å². The average Bonchev–Trinajstić information content (AvgIpc) is 3.85. The molecule has 10 N–H and O–H groups in total. The number of non-ortho nitro benzene ring substituents is 2. The maximum Gasteiger partial charge on any atom is 0.330 e. The van der Waals surface area contributed by atoms with Gasteiger partial charge in [-0.1, -0.05) is 12.1 Å². The molecular formula is C28H28N8O14P2. The lowest BCUT2D eigenvalue weighted by Crippen LogP contribution is -2.29. The highest BCUT2D eigenvalue weighted by Crippen LogP contribution is 2.54. The second kappa shape index (κ2) is 14.6. The summed E-state index contributed by atoms with van der Waals surface area (Å²) in [5.41, 5.74) is -2.38. The van der Waals surface area contributed by atoms with Crippen LogP contribution in [0.25, 0.3) is 22.1 Å². The number of hydrogen-bond donors (Lipinski definition) is 10. The van der Waals surface area contributed by atoms with E-state index < -0.39 is 59.0 Å². The van der Waals surface area contributed by atoms with Gasteiger partial charge >= 0.3 is 37.4 Å². The number of aromatic nitrogens is 4. The van der Waals surface area contributed by atoms with E-state index in [4.69, 9.17) is 19.6 Å². The number of aromatic amines is 4. The fourth-order valence-corrected chi connectivity index (χ4v) is 6.99. The van der Waals surface area contributed by atoms with Crippen LogP contribution in [-0.4, -0.2) is 61.1 Å². The van der Waals surface area contributed by atoms with Crippen molar-refractivity contribution in [2.24, 2.45) is 0 Å². The molecule has 1 saturated carbocycles. The molecule has 3 aromatic carbocycles. The highest BCUT2D eigenvalue weighted by molar-refractivity contribution is 7.53. The van der Waals surface area contributed by atoms with E-state index >= 15 is 0 Å². The van der Waals surface area contributed by atoms with Crippen molar-refractivity contribution in [3.05, 3.63) is 127 Å². The number of H-pyrrole nitrogens is 4. The first kappa shape index (κ1) is 37.7. The summed E-state index contributed by atoms with van der Waals surface area (Å²) in [4.78, 5) is 112. The van der Waals surface area contributed by atoms with E-state index in [-0.39, 0.29) is 52.7 Å². The lowest BCUT2D eigenvalue weighted by atomic mass is 10.1. The van der Waals surface area contributed by atoms with Gasteiger partial charge < -0.3 is 50.1 Å². The van der Waals surface area contributed by atoms with Crippen LogP contribution >= 0.6 is 15.2 Å². The zero-order valence-corrected chi connectivity index (χ0v) is 28.1. The van der Waals surface area contributed by atoms with Crippen molar-refractivity contribution in [1.82, 2.24) is 25.3 Å². The molecule has 0 saturated heterocycles. The Bertz CT molecular complexity index is 2550. The van der Waals surface area contributed by atoms with Crippen molar-refractivity contribution in [3.8, 4) is 0 Å². The van der Waals surface area contributed by atoms with Crippen molar-refractivity contribution >= 4 is 54.3 Å². The molecule has 0 spiro atoms. The van der Waals surface area contributed by atoms with Crippen LogP contribution in [0.4, 0.5) is 17.1 Å². The smallest absolute Gasteiger partial charge is 0.330 e. The number of nitro benzene ring substituents is 2. The topological polar surface area (TPSA) is 357 Å². The highest BCUT2D eigenvalue weighted by atomic mass is 31.2. The second-order valence-corrected chi connectivity index (χ2v) is 15.1. The predicted octanol–water partition coefficient (Wildman–Crippen LogP) is 0.947. The maximum absolute atomic E-state index is 11.6. The fourth-order valence-electron chi connectivity index (χ4n) is 5.23. The maximum atomic E-state index is 11.6. The largest absolute Gasteiger partial charge is 0.381 e. The minimum atomic E-state index is -4.17. The summed E-state index contributed by atoms with van der Waals surface area (Å²) in [5, 5.41) is 28.0. The first-order chi connectivity index (χ1) is 24.3. The number of fused-ring (bicyclic) bond motifs is 2. The third-order valence-electron chi connectivity index (χ3n) is 7.79. The van der Waals surface area contributed by atoms with E-state index in [1.54, 1.807) is 24.3 Å². The van der Waals surface area contributed by atoms with Gasteiger partial charge in [-0.25, -0.2) is 0 Å². The Kier molecular flexibility index (Phi) is 10.5. The summed E-state index contributed by atoms with van der Waals surface area (Å²) in [7, 11) is -8.33. The van der Waals surface area contributed by atoms with Gasteiger partial charge in [0.15, 0.2) is 0 Å². The summed E-state index contributed by atoms with van der Waals surface area (Å²) in [6, 6.07) is 10.7. The lowest BCUT2D eigenvalue weighted by Gasteiger charge is -2.10. The third-order valence-corrected chi connectivity index (χ3v) is 10.00. The van der Waals surface area contributed by atoms with Crippen LogP contribution in [0.5, 0.6) is 0 Å². The minimum Gasteiger partial charge on any atom is -0.381 e. The van der Waals surface area contributed by atoms with Crippen LogP contribution in [0.1, 0.15) is 23.1 Å². The van der Waals surface area contributed by atoms with Gasteiger partial charge in [0.05, 0.1) is 43.7 Å². The first-order valence-electron chi connectivity index (χ1n) is 14.8. The van der Waals surface area contributed by atoms with Gasteiger partial charge in [0.2, 0.25) is 0 Å². The summed E-state index contributed by atoms with van der Waals surface area (Å²) in [6.07, 6.45) is -0.0815. The number of hydrogen-bond acceptors (Lipinski definition) is 12. The molecule has 0 bridgehead atoms. The standard InChI is InChI=1S/C16H15N4O7P.C12H13N4O7P/c21-15-16(22)19-14-10(5-12(20(23)24)6-13(14)18-15)7-17-11-3-1-9(2-4-11)8-28(25,26)27;17-11-12(18)15-10-5(1-6(16(19)20)2-8(10)14-11)4-13-7-3-9(7)24(21,22)23/h1-6,17H,7-8H2,(H,18,21)(H,19,22)(H2,25,26,27);1-2,7,9,13H,3-4H2,(H,14,17)(H,15,18)(H2,21,22,23)/t;7-,9-/m.1/s1. The van der Waals surface area contributed by atoms with Gasteiger partial charge in [-0.15, -0.1) is 0 Å². The molecule has 0 aliphatic heterocycles. The summed E-state index contributed by atoms with van der Waals surface area (Å²) < 4.78 is 22.2. The average molecular weight is 763 g/mol. The predicted molar refractivity (Wildman–Crippen MR) is 184 cm³/mol. The normalized spacial score (nSPS) is 15.5. The van der Waals surface area contributed by atoms with Gasteiger partial charge in [0.1, 0.15) is 0 Å². The number of anilines is 1. The molecule has 6 rings (SSSR count). The number of nitrogens with zero attached hydrogens (tertiary/aromatic N) is 2. The van der Waals surface area contributed by atoms with Crippen LogP contribution in [0.15, 0.2) is 67.7 Å². The molecule has 2 aromatic heterocycles. The third kappa shape index (κ3) is 9.19. The van der Waals surface area contributed by atoms with Crippen LogP contribution < -0.4 is 32.9 Å². The van der Waals surface area contributed by atoms with E-state index in [0.29, 0.717) is 28.8 Å². The number of benzene rings is 3. The zero-order chi connectivity index (χ0) is 38.1. The van der Waals surface area contributed by atoms with E-state index in [1.165, 1.54) is 12.1 Å². The van der Waals surface area contributed by atoms with Gasteiger partial charge in [0, 0.05) is 54.6 Å². The molecule has 5 aromatic rings. The van der Waals surface area contributed by atoms with Gasteiger partial charge in [-0.05, 0) is 29.7 Å². The van der Waals surface area contributed by atoms with Crippen LogP contribution in [-0.2, 0) is 28.4 Å². The molecule has 1 aliphatic rings. The van der Waals surface area contributed by atoms with Gasteiger partial charge in [0.25, 0.3) is 11.4 Å². The monoisotopic (exact) mass is 762 g/mol. The number of rotatable bonds is 11.